The lowest BCUT2D eigenvalue weighted by Crippen LogP contribution is -2.54. The summed E-state index contributed by atoms with van der Waals surface area (Å²) in [5, 5.41) is 4.99. The fourth-order valence-corrected chi connectivity index (χ4v) is 4.78. The first-order chi connectivity index (χ1) is 17.0. The Bertz CT molecular complexity index is 1070. The molecule has 5 amide bonds. The maximum Gasteiger partial charge on any atom is 0.407 e. The Hall–Kier alpha value is -3.47. The van der Waals surface area contributed by atoms with E-state index in [1.54, 1.807) is 12.1 Å². The van der Waals surface area contributed by atoms with E-state index in [4.69, 9.17) is 4.74 Å². The van der Waals surface area contributed by atoms with Crippen LogP contribution in [0, 0.1) is 0 Å². The quantitative estimate of drug-likeness (QED) is 0.440. The van der Waals surface area contributed by atoms with Crippen LogP contribution in [-0.4, -0.2) is 90.4 Å². The van der Waals surface area contributed by atoms with Crippen LogP contribution < -0.4 is 15.5 Å². The summed E-state index contributed by atoms with van der Waals surface area (Å²) in [4.78, 5) is 67.4. The Morgan fingerprint density at radius 2 is 1.81 bits per heavy atom. The third kappa shape index (κ3) is 5.51. The predicted molar refractivity (Wildman–Crippen MR) is 131 cm³/mol. The van der Waals surface area contributed by atoms with E-state index in [2.05, 4.69) is 20.4 Å². The maximum absolute atomic E-state index is 13.3. The summed E-state index contributed by atoms with van der Waals surface area (Å²) in [5.74, 6) is -2.00. The zero-order valence-corrected chi connectivity index (χ0v) is 21.0. The molecule has 0 aliphatic carbocycles. The molecular formula is C25H33N5O6. The van der Waals surface area contributed by atoms with Gasteiger partial charge in [0.25, 0.3) is 11.8 Å². The number of alkyl carbamates (subject to hydrolysis) is 1. The van der Waals surface area contributed by atoms with Gasteiger partial charge >= 0.3 is 6.09 Å². The van der Waals surface area contributed by atoms with Crippen LogP contribution in [0.15, 0.2) is 18.2 Å². The molecule has 0 aromatic heterocycles. The van der Waals surface area contributed by atoms with Gasteiger partial charge in [0.1, 0.15) is 11.6 Å². The molecule has 11 heteroatoms. The Balaban J connectivity index is 1.33. The summed E-state index contributed by atoms with van der Waals surface area (Å²) >= 11 is 0. The van der Waals surface area contributed by atoms with Crippen molar-refractivity contribution in [2.24, 2.45) is 0 Å². The number of benzene rings is 1. The average Bonchev–Trinajstić information content (AvgIpc) is 3.06. The van der Waals surface area contributed by atoms with Crippen molar-refractivity contribution in [3.05, 3.63) is 29.3 Å². The van der Waals surface area contributed by atoms with Crippen LogP contribution in [0.4, 0.5) is 10.5 Å². The lowest BCUT2D eigenvalue weighted by atomic mass is 10.0. The minimum atomic E-state index is -0.978. The molecule has 2 saturated heterocycles. The number of rotatable bonds is 6. The number of imide groups is 2. The number of hydrogen-bond acceptors (Lipinski definition) is 8. The SMILES string of the molecule is CC(C)(C)OC(=O)NCCCN1CCN(c2cccc3c2C(=O)N(C2CCC(=O)NC2=O)C3=O)CC1. The van der Waals surface area contributed by atoms with Crippen molar-refractivity contribution in [1.29, 1.82) is 0 Å². The molecule has 194 valence electrons. The first-order valence-electron chi connectivity index (χ1n) is 12.3. The van der Waals surface area contributed by atoms with E-state index in [0.717, 1.165) is 31.0 Å². The van der Waals surface area contributed by atoms with Gasteiger partial charge in [-0.2, -0.15) is 0 Å². The maximum atomic E-state index is 13.3. The molecule has 1 aromatic carbocycles. The molecule has 4 rings (SSSR count). The van der Waals surface area contributed by atoms with Crippen molar-refractivity contribution in [3.8, 4) is 0 Å². The monoisotopic (exact) mass is 499 g/mol. The van der Waals surface area contributed by atoms with Crippen LogP contribution in [-0.2, 0) is 14.3 Å². The molecule has 2 N–H and O–H groups in total. The zero-order chi connectivity index (χ0) is 26.0. The first kappa shape index (κ1) is 25.6. The van der Waals surface area contributed by atoms with Gasteiger partial charge in [-0.3, -0.25) is 34.3 Å². The lowest BCUT2D eigenvalue weighted by molar-refractivity contribution is -0.136. The van der Waals surface area contributed by atoms with E-state index in [9.17, 15) is 24.0 Å². The van der Waals surface area contributed by atoms with E-state index in [1.165, 1.54) is 0 Å². The van der Waals surface area contributed by atoms with E-state index < -0.39 is 41.4 Å². The molecule has 11 nitrogen and oxygen atoms in total. The molecule has 1 unspecified atom stereocenters. The van der Waals surface area contributed by atoms with Gasteiger partial charge in [-0.1, -0.05) is 6.07 Å². The normalized spacial score (nSPS) is 20.9. The van der Waals surface area contributed by atoms with Gasteiger partial charge in [0.2, 0.25) is 11.8 Å². The molecule has 0 radical (unpaired) electrons. The Kier molecular flexibility index (Phi) is 7.30. The number of nitrogens with zero attached hydrogens (tertiary/aromatic N) is 3. The third-order valence-electron chi connectivity index (χ3n) is 6.48. The van der Waals surface area contributed by atoms with Gasteiger partial charge in [-0.15, -0.1) is 0 Å². The second-order valence-corrected chi connectivity index (χ2v) is 10.3. The van der Waals surface area contributed by atoms with Gasteiger partial charge < -0.3 is 15.0 Å². The second-order valence-electron chi connectivity index (χ2n) is 10.3. The number of carbonyl (C=O) groups is 5. The van der Waals surface area contributed by atoms with Crippen molar-refractivity contribution in [1.82, 2.24) is 20.4 Å². The van der Waals surface area contributed by atoms with Crippen LogP contribution in [0.2, 0.25) is 0 Å². The predicted octanol–water partition coefficient (Wildman–Crippen LogP) is 1.12. The molecule has 2 fully saturated rings. The summed E-state index contributed by atoms with van der Waals surface area (Å²) in [6.07, 6.45) is 0.586. The molecule has 3 heterocycles. The average molecular weight is 500 g/mol. The Morgan fingerprint density at radius 1 is 1.08 bits per heavy atom. The van der Waals surface area contributed by atoms with E-state index in [0.29, 0.717) is 30.9 Å². The Morgan fingerprint density at radius 3 is 2.47 bits per heavy atom. The van der Waals surface area contributed by atoms with Gasteiger partial charge in [0, 0.05) is 39.1 Å². The third-order valence-corrected chi connectivity index (χ3v) is 6.48. The minimum Gasteiger partial charge on any atom is -0.444 e. The summed E-state index contributed by atoms with van der Waals surface area (Å²) in [6, 6.07) is 4.22. The lowest BCUT2D eigenvalue weighted by Gasteiger charge is -2.36. The number of ether oxygens (including phenoxy) is 1. The van der Waals surface area contributed by atoms with Crippen LogP contribution in [0.25, 0.3) is 0 Å². The van der Waals surface area contributed by atoms with Crippen molar-refractivity contribution < 1.29 is 28.7 Å². The van der Waals surface area contributed by atoms with Crippen molar-refractivity contribution in [2.45, 2.75) is 51.7 Å². The highest BCUT2D eigenvalue weighted by Gasteiger charge is 2.46. The van der Waals surface area contributed by atoms with E-state index in [1.807, 2.05) is 26.8 Å². The van der Waals surface area contributed by atoms with E-state index in [-0.39, 0.29) is 18.4 Å². The minimum absolute atomic E-state index is 0.0892. The molecule has 0 spiro atoms. The largest absolute Gasteiger partial charge is 0.444 e. The van der Waals surface area contributed by atoms with Crippen molar-refractivity contribution in [3.63, 3.8) is 0 Å². The summed E-state index contributed by atoms with van der Waals surface area (Å²) in [6.45, 7) is 9.71. The number of hydrogen-bond donors (Lipinski definition) is 2. The van der Waals surface area contributed by atoms with Crippen LogP contribution in [0.5, 0.6) is 0 Å². The van der Waals surface area contributed by atoms with Gasteiger partial charge in [-0.25, -0.2) is 4.79 Å². The number of carbonyl (C=O) groups excluding carboxylic acids is 5. The number of fused-ring (bicyclic) bond motifs is 1. The number of piperazine rings is 1. The fraction of sp³-hybridized carbons (Fsp3) is 0.560. The van der Waals surface area contributed by atoms with Gasteiger partial charge in [0.15, 0.2) is 0 Å². The smallest absolute Gasteiger partial charge is 0.407 e. The zero-order valence-electron chi connectivity index (χ0n) is 21.0. The highest BCUT2D eigenvalue weighted by molar-refractivity contribution is 6.25. The highest BCUT2D eigenvalue weighted by Crippen LogP contribution is 2.34. The molecule has 3 aliphatic heterocycles. The standard InChI is InChI=1S/C25H33N5O6/c1-25(2,3)36-24(35)26-10-5-11-28-12-14-29(15-13-28)17-7-4-6-16-20(17)23(34)30(22(16)33)18-8-9-19(31)27-21(18)32/h4,6-7,18H,5,8-15H2,1-3H3,(H,26,35)(H,27,31,32). The number of anilines is 1. The van der Waals surface area contributed by atoms with Crippen molar-refractivity contribution >= 4 is 35.4 Å². The topological polar surface area (TPSA) is 128 Å². The molecule has 0 bridgehead atoms. The second kappa shape index (κ2) is 10.3. The fourth-order valence-electron chi connectivity index (χ4n) is 4.78. The van der Waals surface area contributed by atoms with Crippen molar-refractivity contribution in [2.75, 3.05) is 44.2 Å². The van der Waals surface area contributed by atoms with Crippen LogP contribution >= 0.6 is 0 Å². The summed E-state index contributed by atoms with van der Waals surface area (Å²) in [5.41, 5.74) is 0.773. The first-order valence-corrected chi connectivity index (χ1v) is 12.3. The Labute approximate surface area is 210 Å². The molecule has 36 heavy (non-hydrogen) atoms. The van der Waals surface area contributed by atoms with Gasteiger partial charge in [-0.05, 0) is 52.3 Å². The summed E-state index contributed by atoms with van der Waals surface area (Å²) < 4.78 is 5.24. The molecule has 1 atom stereocenters. The number of piperidine rings is 1. The van der Waals surface area contributed by atoms with Gasteiger partial charge in [0.05, 0.1) is 16.8 Å². The molecule has 0 saturated carbocycles. The number of amides is 5. The number of nitrogens with one attached hydrogen (secondary N) is 2. The molecular weight excluding hydrogens is 466 g/mol. The molecule has 1 aromatic rings. The van der Waals surface area contributed by atoms with Crippen LogP contribution in [0.3, 0.4) is 0 Å². The van der Waals surface area contributed by atoms with Crippen LogP contribution in [0.1, 0.15) is 60.7 Å². The molecule has 3 aliphatic rings. The summed E-state index contributed by atoms with van der Waals surface area (Å²) in [7, 11) is 0. The van der Waals surface area contributed by atoms with E-state index >= 15 is 0 Å². The highest BCUT2D eigenvalue weighted by atomic mass is 16.6.